The van der Waals surface area contributed by atoms with Gasteiger partial charge in [0, 0.05) is 32.7 Å². The second kappa shape index (κ2) is 6.76. The number of morpholine rings is 1. The van der Waals surface area contributed by atoms with E-state index in [0.717, 1.165) is 65.2 Å². The zero-order valence-electron chi connectivity index (χ0n) is 12.3. The summed E-state index contributed by atoms with van der Waals surface area (Å²) in [5.74, 6) is 0.601. The summed E-state index contributed by atoms with van der Waals surface area (Å²) in [6, 6.07) is 0. The molecule has 0 aromatic heterocycles. The highest BCUT2D eigenvalue weighted by atomic mass is 16.6. The van der Waals surface area contributed by atoms with Crippen LogP contribution in [0.5, 0.6) is 0 Å². The van der Waals surface area contributed by atoms with Gasteiger partial charge in [-0.05, 0) is 38.0 Å². The van der Waals surface area contributed by atoms with Crippen molar-refractivity contribution >= 4 is 6.09 Å². The number of nitrogens with zero attached hydrogens (tertiary/aromatic N) is 2. The minimum absolute atomic E-state index is 0.0821. The van der Waals surface area contributed by atoms with Crippen molar-refractivity contribution in [1.29, 1.82) is 0 Å². The molecule has 0 aromatic carbocycles. The fourth-order valence-electron chi connectivity index (χ4n) is 3.52. The first-order valence-corrected chi connectivity index (χ1v) is 8.07. The molecule has 114 valence electrons. The van der Waals surface area contributed by atoms with Gasteiger partial charge in [0.2, 0.25) is 0 Å². The molecule has 0 spiro atoms. The van der Waals surface area contributed by atoms with E-state index >= 15 is 0 Å². The van der Waals surface area contributed by atoms with Gasteiger partial charge in [0.25, 0.3) is 0 Å². The van der Waals surface area contributed by atoms with Crippen molar-refractivity contribution in [3.63, 3.8) is 0 Å². The predicted molar refractivity (Wildman–Crippen MR) is 75.7 cm³/mol. The summed E-state index contributed by atoms with van der Waals surface area (Å²) < 4.78 is 11.0. The molecular formula is C15H26N2O3. The van der Waals surface area contributed by atoms with Crippen LogP contribution in [0, 0.1) is 5.92 Å². The second-order valence-corrected chi connectivity index (χ2v) is 6.30. The van der Waals surface area contributed by atoms with Crippen LogP contribution in [0.15, 0.2) is 0 Å². The van der Waals surface area contributed by atoms with Crippen LogP contribution in [-0.4, -0.2) is 67.9 Å². The summed E-state index contributed by atoms with van der Waals surface area (Å²) >= 11 is 0. The van der Waals surface area contributed by atoms with Gasteiger partial charge in [-0.25, -0.2) is 4.79 Å². The van der Waals surface area contributed by atoms with Crippen LogP contribution in [0.4, 0.5) is 4.79 Å². The summed E-state index contributed by atoms with van der Waals surface area (Å²) in [6.45, 7) is 6.58. The number of hydrogen-bond donors (Lipinski definition) is 0. The standard InChI is InChI=1S/C15H26N2O3/c18-15(20-14-3-1-2-4-14)17-6-5-13(12-17)11-16-7-9-19-10-8-16/h13-14H,1-12H2. The van der Waals surface area contributed by atoms with Gasteiger partial charge >= 0.3 is 6.09 Å². The Hall–Kier alpha value is -0.810. The van der Waals surface area contributed by atoms with Gasteiger partial charge in [-0.1, -0.05) is 0 Å². The third-order valence-corrected chi connectivity index (χ3v) is 4.73. The molecule has 1 saturated carbocycles. The lowest BCUT2D eigenvalue weighted by Gasteiger charge is -2.29. The lowest BCUT2D eigenvalue weighted by molar-refractivity contribution is 0.0305. The van der Waals surface area contributed by atoms with Gasteiger partial charge in [-0.15, -0.1) is 0 Å². The molecular weight excluding hydrogens is 256 g/mol. The molecule has 3 fully saturated rings. The van der Waals surface area contributed by atoms with Gasteiger partial charge in [0.1, 0.15) is 6.10 Å². The van der Waals surface area contributed by atoms with Crippen molar-refractivity contribution in [2.45, 2.75) is 38.2 Å². The molecule has 5 heteroatoms. The smallest absolute Gasteiger partial charge is 0.410 e. The van der Waals surface area contributed by atoms with Crippen LogP contribution in [0.2, 0.25) is 0 Å². The monoisotopic (exact) mass is 282 g/mol. The van der Waals surface area contributed by atoms with E-state index in [4.69, 9.17) is 9.47 Å². The molecule has 0 aromatic rings. The SMILES string of the molecule is O=C(OC1CCCC1)N1CCC(CN2CCOCC2)C1. The molecule has 2 saturated heterocycles. The first-order chi connectivity index (χ1) is 9.81. The maximum absolute atomic E-state index is 12.1. The third-order valence-electron chi connectivity index (χ3n) is 4.73. The highest BCUT2D eigenvalue weighted by Crippen LogP contribution is 2.24. The number of ether oxygens (including phenoxy) is 2. The van der Waals surface area contributed by atoms with E-state index in [1.54, 1.807) is 0 Å². The zero-order chi connectivity index (χ0) is 13.8. The Balaban J connectivity index is 1.40. The van der Waals surface area contributed by atoms with E-state index in [-0.39, 0.29) is 12.2 Å². The Bertz CT molecular complexity index is 325. The normalized spacial score (nSPS) is 29.0. The van der Waals surface area contributed by atoms with E-state index in [9.17, 15) is 4.79 Å². The van der Waals surface area contributed by atoms with E-state index in [0.29, 0.717) is 5.92 Å². The van der Waals surface area contributed by atoms with Crippen LogP contribution in [-0.2, 0) is 9.47 Å². The predicted octanol–water partition coefficient (Wildman–Crippen LogP) is 1.72. The third kappa shape index (κ3) is 3.64. The highest BCUT2D eigenvalue weighted by molar-refractivity contribution is 5.68. The molecule has 0 N–H and O–H groups in total. The minimum atomic E-state index is -0.0821. The lowest BCUT2D eigenvalue weighted by Crippen LogP contribution is -2.40. The Morgan fingerprint density at radius 3 is 2.60 bits per heavy atom. The molecule has 2 aliphatic heterocycles. The number of carbonyl (C=O) groups excluding carboxylic acids is 1. The molecule has 0 bridgehead atoms. The molecule has 20 heavy (non-hydrogen) atoms. The van der Waals surface area contributed by atoms with Crippen molar-refractivity contribution < 1.29 is 14.3 Å². The minimum Gasteiger partial charge on any atom is -0.446 e. The number of hydrogen-bond acceptors (Lipinski definition) is 4. The van der Waals surface area contributed by atoms with Crippen molar-refractivity contribution in [3.05, 3.63) is 0 Å². The molecule has 1 amide bonds. The molecule has 5 nitrogen and oxygen atoms in total. The molecule has 3 aliphatic rings. The maximum atomic E-state index is 12.1. The lowest BCUT2D eigenvalue weighted by atomic mass is 10.1. The van der Waals surface area contributed by atoms with Gasteiger partial charge in [0.05, 0.1) is 13.2 Å². The molecule has 0 radical (unpaired) electrons. The topological polar surface area (TPSA) is 42.0 Å². The first kappa shape index (κ1) is 14.1. The first-order valence-electron chi connectivity index (χ1n) is 8.07. The second-order valence-electron chi connectivity index (χ2n) is 6.30. The molecule has 2 heterocycles. The molecule has 1 unspecified atom stereocenters. The summed E-state index contributed by atoms with van der Waals surface area (Å²) in [5.41, 5.74) is 0. The largest absolute Gasteiger partial charge is 0.446 e. The molecule has 3 rings (SSSR count). The molecule has 1 atom stereocenters. The summed E-state index contributed by atoms with van der Waals surface area (Å²) in [4.78, 5) is 16.5. The highest BCUT2D eigenvalue weighted by Gasteiger charge is 2.30. The average Bonchev–Trinajstić information content (AvgIpc) is 3.11. The van der Waals surface area contributed by atoms with Crippen LogP contribution in [0.1, 0.15) is 32.1 Å². The maximum Gasteiger partial charge on any atom is 0.410 e. The number of rotatable bonds is 3. The van der Waals surface area contributed by atoms with Crippen molar-refractivity contribution in [3.8, 4) is 0 Å². The zero-order valence-corrected chi connectivity index (χ0v) is 12.3. The fourth-order valence-corrected chi connectivity index (χ4v) is 3.52. The number of amides is 1. The Morgan fingerprint density at radius 2 is 1.85 bits per heavy atom. The van der Waals surface area contributed by atoms with Crippen molar-refractivity contribution in [2.24, 2.45) is 5.92 Å². The van der Waals surface area contributed by atoms with Gasteiger partial charge < -0.3 is 14.4 Å². The van der Waals surface area contributed by atoms with Gasteiger partial charge in [-0.3, -0.25) is 4.90 Å². The Labute approximate surface area is 121 Å². The number of likely N-dealkylation sites (tertiary alicyclic amines) is 1. The van der Waals surface area contributed by atoms with Crippen molar-refractivity contribution in [1.82, 2.24) is 9.80 Å². The van der Waals surface area contributed by atoms with E-state index in [2.05, 4.69) is 4.90 Å². The van der Waals surface area contributed by atoms with Crippen LogP contribution in [0.25, 0.3) is 0 Å². The average molecular weight is 282 g/mol. The van der Waals surface area contributed by atoms with Gasteiger partial charge in [0.15, 0.2) is 0 Å². The van der Waals surface area contributed by atoms with Crippen LogP contribution in [0.3, 0.4) is 0 Å². The van der Waals surface area contributed by atoms with E-state index < -0.39 is 0 Å². The van der Waals surface area contributed by atoms with Crippen molar-refractivity contribution in [2.75, 3.05) is 45.9 Å². The molecule has 1 aliphatic carbocycles. The Morgan fingerprint density at radius 1 is 1.10 bits per heavy atom. The Kier molecular flexibility index (Phi) is 4.78. The van der Waals surface area contributed by atoms with Crippen LogP contribution >= 0.6 is 0 Å². The van der Waals surface area contributed by atoms with E-state index in [1.807, 2.05) is 4.90 Å². The fraction of sp³-hybridized carbons (Fsp3) is 0.933. The van der Waals surface area contributed by atoms with Gasteiger partial charge in [-0.2, -0.15) is 0 Å². The number of carbonyl (C=O) groups is 1. The summed E-state index contributed by atoms with van der Waals surface area (Å²) in [5, 5.41) is 0. The summed E-state index contributed by atoms with van der Waals surface area (Å²) in [6.07, 6.45) is 5.72. The van der Waals surface area contributed by atoms with Crippen LogP contribution < -0.4 is 0 Å². The summed E-state index contributed by atoms with van der Waals surface area (Å²) in [7, 11) is 0. The quantitative estimate of drug-likeness (QED) is 0.790. The van der Waals surface area contributed by atoms with E-state index in [1.165, 1.54) is 12.8 Å².